The summed E-state index contributed by atoms with van der Waals surface area (Å²) in [6.45, 7) is 5.19. The molecule has 5 rings (SSSR count). The summed E-state index contributed by atoms with van der Waals surface area (Å²) in [6.07, 6.45) is 3.00. The number of aromatic amines is 1. The van der Waals surface area contributed by atoms with Crippen LogP contribution >= 0.6 is 0 Å². The molecule has 2 aliphatic rings. The molecule has 0 bridgehead atoms. The normalized spacial score (nSPS) is 22.5. The fraction of sp³-hybridized carbons (Fsp3) is 0.389. The van der Waals surface area contributed by atoms with Crippen molar-refractivity contribution in [1.29, 1.82) is 0 Å². The van der Waals surface area contributed by atoms with E-state index in [1.165, 1.54) is 6.42 Å². The minimum absolute atomic E-state index is 0.695. The third-order valence-electron chi connectivity index (χ3n) is 5.21. The maximum atomic E-state index is 4.76. The smallest absolute Gasteiger partial charge is 0.227 e. The van der Waals surface area contributed by atoms with Gasteiger partial charge in [-0.25, -0.2) is 4.98 Å². The molecule has 25 heavy (non-hydrogen) atoms. The molecule has 0 aliphatic carbocycles. The first-order valence-corrected chi connectivity index (χ1v) is 8.79. The number of nitrogens with zero attached hydrogens (tertiary/aromatic N) is 4. The summed E-state index contributed by atoms with van der Waals surface area (Å²) in [5.41, 5.74) is 3.01. The van der Waals surface area contributed by atoms with Gasteiger partial charge in [0.15, 0.2) is 0 Å². The standard InChI is InChI=1S/C18H21N7/c1-11-6-17(22-14-2-3-16-12(7-14)9-20-24-16)23-18(21-11)25-5-4-15-13(10-25)8-19-15/h2-3,6-7,9,13,15,19H,4-5,8,10H2,1H3,(H,20,24)(H,21,22,23). The highest BCUT2D eigenvalue weighted by molar-refractivity contribution is 5.82. The van der Waals surface area contributed by atoms with Crippen molar-refractivity contribution in [2.24, 2.45) is 5.92 Å². The van der Waals surface area contributed by atoms with Gasteiger partial charge in [0, 0.05) is 54.4 Å². The molecule has 0 amide bonds. The summed E-state index contributed by atoms with van der Waals surface area (Å²) >= 11 is 0. The van der Waals surface area contributed by atoms with Crippen molar-refractivity contribution in [1.82, 2.24) is 25.5 Å². The van der Waals surface area contributed by atoms with Crippen LogP contribution in [0.15, 0.2) is 30.5 Å². The average molecular weight is 335 g/mol. The zero-order valence-electron chi connectivity index (χ0n) is 14.2. The largest absolute Gasteiger partial charge is 0.340 e. The number of hydrogen-bond donors (Lipinski definition) is 3. The number of aromatic nitrogens is 4. The van der Waals surface area contributed by atoms with E-state index in [4.69, 9.17) is 4.98 Å². The van der Waals surface area contributed by atoms with Gasteiger partial charge in [-0.1, -0.05) is 0 Å². The van der Waals surface area contributed by atoms with Crippen LogP contribution in [-0.2, 0) is 0 Å². The maximum Gasteiger partial charge on any atom is 0.227 e. The van der Waals surface area contributed by atoms with E-state index in [-0.39, 0.29) is 0 Å². The first-order chi connectivity index (χ1) is 12.2. The summed E-state index contributed by atoms with van der Waals surface area (Å²) in [6, 6.07) is 8.81. The van der Waals surface area contributed by atoms with Gasteiger partial charge in [-0.2, -0.15) is 10.1 Å². The van der Waals surface area contributed by atoms with Crippen molar-refractivity contribution in [3.05, 3.63) is 36.2 Å². The van der Waals surface area contributed by atoms with Gasteiger partial charge in [0.05, 0.1) is 11.7 Å². The lowest BCUT2D eigenvalue weighted by molar-refractivity contribution is 0.197. The summed E-state index contributed by atoms with van der Waals surface area (Å²) in [5.74, 6) is 2.40. The van der Waals surface area contributed by atoms with Gasteiger partial charge < -0.3 is 15.5 Å². The Labute approximate surface area is 145 Å². The van der Waals surface area contributed by atoms with Gasteiger partial charge in [-0.15, -0.1) is 0 Å². The zero-order valence-corrected chi connectivity index (χ0v) is 14.2. The highest BCUT2D eigenvalue weighted by Gasteiger charge is 2.36. The minimum Gasteiger partial charge on any atom is -0.340 e. The topological polar surface area (TPSA) is 81.8 Å². The van der Waals surface area contributed by atoms with E-state index < -0.39 is 0 Å². The number of benzene rings is 1. The third kappa shape index (κ3) is 2.70. The second-order valence-electron chi connectivity index (χ2n) is 7.00. The van der Waals surface area contributed by atoms with E-state index in [1.54, 1.807) is 0 Å². The number of nitrogens with one attached hydrogen (secondary N) is 3. The Morgan fingerprint density at radius 3 is 3.04 bits per heavy atom. The summed E-state index contributed by atoms with van der Waals surface area (Å²) in [5, 5.41) is 15.0. The fourth-order valence-corrected chi connectivity index (χ4v) is 3.76. The molecule has 1 aromatic carbocycles. The van der Waals surface area contributed by atoms with Crippen molar-refractivity contribution in [3.63, 3.8) is 0 Å². The van der Waals surface area contributed by atoms with Crippen LogP contribution in [0.25, 0.3) is 10.9 Å². The Hall–Kier alpha value is -2.67. The molecule has 128 valence electrons. The van der Waals surface area contributed by atoms with Gasteiger partial charge in [0.1, 0.15) is 5.82 Å². The van der Waals surface area contributed by atoms with Crippen molar-refractivity contribution >= 4 is 28.4 Å². The molecule has 2 fully saturated rings. The molecular formula is C18H21N7. The first kappa shape index (κ1) is 14.7. The number of rotatable bonds is 3. The predicted octanol–water partition coefficient (Wildman–Crippen LogP) is 2.20. The molecule has 0 saturated carbocycles. The van der Waals surface area contributed by atoms with Crippen LogP contribution in [0.1, 0.15) is 12.1 Å². The molecule has 7 heteroatoms. The highest BCUT2D eigenvalue weighted by atomic mass is 15.3. The summed E-state index contributed by atoms with van der Waals surface area (Å²) < 4.78 is 0. The fourth-order valence-electron chi connectivity index (χ4n) is 3.76. The average Bonchev–Trinajstić information content (AvgIpc) is 3.03. The van der Waals surface area contributed by atoms with Crippen LogP contribution in [0.4, 0.5) is 17.5 Å². The van der Waals surface area contributed by atoms with E-state index in [2.05, 4.69) is 36.8 Å². The van der Waals surface area contributed by atoms with Crippen molar-refractivity contribution in [3.8, 4) is 0 Å². The molecule has 4 heterocycles. The number of hydrogen-bond acceptors (Lipinski definition) is 6. The Balaban J connectivity index is 1.40. The maximum absolute atomic E-state index is 4.76. The van der Waals surface area contributed by atoms with E-state index in [0.29, 0.717) is 6.04 Å². The van der Waals surface area contributed by atoms with E-state index in [0.717, 1.165) is 59.6 Å². The molecule has 2 unspecified atom stereocenters. The van der Waals surface area contributed by atoms with Gasteiger partial charge in [-0.05, 0) is 31.5 Å². The Morgan fingerprint density at radius 2 is 2.20 bits per heavy atom. The van der Waals surface area contributed by atoms with Crippen molar-refractivity contribution < 1.29 is 0 Å². The molecule has 7 nitrogen and oxygen atoms in total. The number of H-pyrrole nitrogens is 1. The first-order valence-electron chi connectivity index (χ1n) is 8.79. The van der Waals surface area contributed by atoms with Gasteiger partial charge in [0.2, 0.25) is 5.95 Å². The third-order valence-corrected chi connectivity index (χ3v) is 5.21. The highest BCUT2D eigenvalue weighted by Crippen LogP contribution is 2.27. The number of piperidine rings is 1. The molecule has 3 aromatic rings. The zero-order chi connectivity index (χ0) is 16.8. The monoisotopic (exact) mass is 335 g/mol. The van der Waals surface area contributed by atoms with Crippen LogP contribution in [-0.4, -0.2) is 45.8 Å². The van der Waals surface area contributed by atoms with Crippen LogP contribution in [0.5, 0.6) is 0 Å². The van der Waals surface area contributed by atoms with Crippen LogP contribution < -0.4 is 15.5 Å². The van der Waals surface area contributed by atoms with Crippen molar-refractivity contribution in [2.45, 2.75) is 19.4 Å². The molecule has 2 aliphatic heterocycles. The summed E-state index contributed by atoms with van der Waals surface area (Å²) in [4.78, 5) is 11.7. The Morgan fingerprint density at radius 1 is 1.24 bits per heavy atom. The second-order valence-corrected chi connectivity index (χ2v) is 7.00. The van der Waals surface area contributed by atoms with E-state index in [1.807, 2.05) is 31.3 Å². The number of aryl methyl sites for hydroxylation is 1. The molecule has 0 radical (unpaired) electrons. The van der Waals surface area contributed by atoms with Crippen LogP contribution in [0.2, 0.25) is 0 Å². The molecule has 0 spiro atoms. The van der Waals surface area contributed by atoms with Crippen LogP contribution in [0.3, 0.4) is 0 Å². The van der Waals surface area contributed by atoms with Crippen molar-refractivity contribution in [2.75, 3.05) is 29.9 Å². The SMILES string of the molecule is Cc1cc(Nc2ccc3[nH]ncc3c2)nc(N2CCC3NCC3C2)n1. The summed E-state index contributed by atoms with van der Waals surface area (Å²) in [7, 11) is 0. The molecule has 2 aromatic heterocycles. The lowest BCUT2D eigenvalue weighted by Crippen LogP contribution is -2.61. The number of fused-ring (bicyclic) bond motifs is 2. The van der Waals surface area contributed by atoms with Gasteiger partial charge >= 0.3 is 0 Å². The molecular weight excluding hydrogens is 314 g/mol. The van der Waals surface area contributed by atoms with Gasteiger partial charge in [0.25, 0.3) is 0 Å². The predicted molar refractivity (Wildman–Crippen MR) is 98.3 cm³/mol. The molecule has 3 N–H and O–H groups in total. The van der Waals surface area contributed by atoms with E-state index >= 15 is 0 Å². The molecule has 2 saturated heterocycles. The lowest BCUT2D eigenvalue weighted by atomic mass is 9.85. The second kappa shape index (κ2) is 5.70. The number of anilines is 3. The minimum atomic E-state index is 0.695. The Kier molecular flexibility index (Phi) is 3.34. The molecule has 2 atom stereocenters. The van der Waals surface area contributed by atoms with Crippen LogP contribution in [0, 0.1) is 12.8 Å². The Bertz CT molecular complexity index is 919. The quantitative estimate of drug-likeness (QED) is 0.681. The van der Waals surface area contributed by atoms with E-state index in [9.17, 15) is 0 Å². The lowest BCUT2D eigenvalue weighted by Gasteiger charge is -2.46. The van der Waals surface area contributed by atoms with Gasteiger partial charge in [-0.3, -0.25) is 5.10 Å².